The lowest BCUT2D eigenvalue weighted by molar-refractivity contribution is 0.237. The van der Waals surface area contributed by atoms with Gasteiger partial charge in [0.2, 0.25) is 0 Å². The molecule has 1 aliphatic rings. The van der Waals surface area contributed by atoms with Crippen molar-refractivity contribution in [3.8, 4) is 0 Å². The highest BCUT2D eigenvalue weighted by Gasteiger charge is 2.32. The van der Waals surface area contributed by atoms with Crippen molar-refractivity contribution in [2.75, 3.05) is 13.7 Å². The van der Waals surface area contributed by atoms with Crippen LogP contribution in [0, 0.1) is 5.41 Å². The minimum atomic E-state index is 0.110. The van der Waals surface area contributed by atoms with Crippen molar-refractivity contribution < 1.29 is 4.74 Å². The summed E-state index contributed by atoms with van der Waals surface area (Å²) < 4.78 is 5.22. The van der Waals surface area contributed by atoms with Gasteiger partial charge in [-0.3, -0.25) is 4.99 Å². The molecule has 1 aromatic rings. The number of H-pyrrole nitrogens is 1. The number of methoxy groups -OCH3 is 1. The van der Waals surface area contributed by atoms with Gasteiger partial charge in [-0.1, -0.05) is 27.7 Å². The van der Waals surface area contributed by atoms with Crippen LogP contribution in [0.4, 0.5) is 0 Å². The summed E-state index contributed by atoms with van der Waals surface area (Å²) in [6, 6.07) is 4.10. The van der Waals surface area contributed by atoms with Crippen molar-refractivity contribution in [3.63, 3.8) is 0 Å². The Kier molecular flexibility index (Phi) is 5.55. The van der Waals surface area contributed by atoms with Gasteiger partial charge in [-0.2, -0.15) is 0 Å². The standard InChI is InChI=1S/C14H20N2O.C2H6/c1-10(11-6-5-7-15-11)12-8-14(2,3)13(16-12)9-17-4;1-2/h5-7,15H,8-9H2,1-4H3;1-2H3/b12-10-;. The first-order valence-corrected chi connectivity index (χ1v) is 6.95. The Hall–Kier alpha value is -1.35. The molecule has 3 nitrogen and oxygen atoms in total. The highest BCUT2D eigenvalue weighted by atomic mass is 16.5. The summed E-state index contributed by atoms with van der Waals surface area (Å²) in [6.07, 6.45) is 2.93. The maximum atomic E-state index is 5.22. The van der Waals surface area contributed by atoms with Gasteiger partial charge in [-0.25, -0.2) is 0 Å². The monoisotopic (exact) mass is 262 g/mol. The normalized spacial score (nSPS) is 19.6. The number of rotatable bonds is 3. The molecule has 1 aromatic heterocycles. The van der Waals surface area contributed by atoms with E-state index in [0.717, 1.165) is 17.8 Å². The fourth-order valence-electron chi connectivity index (χ4n) is 2.17. The van der Waals surface area contributed by atoms with E-state index in [9.17, 15) is 0 Å². The molecule has 0 saturated heterocycles. The summed E-state index contributed by atoms with van der Waals surface area (Å²) in [7, 11) is 1.72. The molecule has 3 heteroatoms. The van der Waals surface area contributed by atoms with Crippen molar-refractivity contribution in [2.24, 2.45) is 10.4 Å². The number of allylic oxidation sites excluding steroid dienone is 2. The first-order chi connectivity index (χ1) is 9.04. The Morgan fingerprint density at radius 2 is 2.11 bits per heavy atom. The molecule has 0 saturated carbocycles. The molecule has 2 heterocycles. The lowest BCUT2D eigenvalue weighted by atomic mass is 9.85. The summed E-state index contributed by atoms with van der Waals surface area (Å²) in [6.45, 7) is 11.2. The number of hydrogen-bond acceptors (Lipinski definition) is 2. The van der Waals surface area contributed by atoms with Crippen molar-refractivity contribution >= 4 is 11.3 Å². The summed E-state index contributed by atoms with van der Waals surface area (Å²) in [5.74, 6) is 0. The SMILES string of the molecule is CC.COCC1=N/C(=C(/C)c2ccc[nH]2)CC1(C)C. The predicted molar refractivity (Wildman–Crippen MR) is 82.4 cm³/mol. The molecule has 2 rings (SSSR count). The highest BCUT2D eigenvalue weighted by molar-refractivity contribution is 5.95. The van der Waals surface area contributed by atoms with Crippen molar-refractivity contribution in [1.82, 2.24) is 4.98 Å². The highest BCUT2D eigenvalue weighted by Crippen LogP contribution is 2.38. The zero-order valence-electron chi connectivity index (χ0n) is 13.0. The van der Waals surface area contributed by atoms with E-state index in [1.54, 1.807) is 7.11 Å². The van der Waals surface area contributed by atoms with Gasteiger partial charge in [0.25, 0.3) is 0 Å². The third-order valence-electron chi connectivity index (χ3n) is 3.38. The smallest absolute Gasteiger partial charge is 0.0850 e. The van der Waals surface area contributed by atoms with E-state index in [0.29, 0.717) is 6.61 Å². The third-order valence-corrected chi connectivity index (χ3v) is 3.38. The largest absolute Gasteiger partial charge is 0.379 e. The van der Waals surface area contributed by atoms with Crippen LogP contribution in [0.2, 0.25) is 0 Å². The quantitative estimate of drug-likeness (QED) is 0.867. The summed E-state index contributed by atoms with van der Waals surface area (Å²) in [5, 5.41) is 0. The van der Waals surface area contributed by atoms with E-state index in [-0.39, 0.29) is 5.41 Å². The molecule has 0 spiro atoms. The van der Waals surface area contributed by atoms with E-state index in [2.05, 4.69) is 31.8 Å². The van der Waals surface area contributed by atoms with E-state index < -0.39 is 0 Å². The lowest BCUT2D eigenvalue weighted by Crippen LogP contribution is -2.23. The second-order valence-electron chi connectivity index (χ2n) is 5.21. The van der Waals surface area contributed by atoms with Crippen LogP contribution in [0.3, 0.4) is 0 Å². The Morgan fingerprint density at radius 1 is 1.42 bits per heavy atom. The topological polar surface area (TPSA) is 37.4 Å². The molecule has 0 unspecified atom stereocenters. The summed E-state index contributed by atoms with van der Waals surface area (Å²) in [4.78, 5) is 7.97. The van der Waals surface area contributed by atoms with Gasteiger partial charge in [0.05, 0.1) is 6.61 Å². The maximum absolute atomic E-state index is 5.22. The number of aromatic amines is 1. The second kappa shape index (κ2) is 6.71. The minimum absolute atomic E-state index is 0.110. The molecular weight excluding hydrogens is 236 g/mol. The molecule has 0 fully saturated rings. The molecule has 0 bridgehead atoms. The molecule has 0 aromatic carbocycles. The lowest BCUT2D eigenvalue weighted by Gasteiger charge is -2.19. The Morgan fingerprint density at radius 3 is 2.63 bits per heavy atom. The van der Waals surface area contributed by atoms with Crippen molar-refractivity contribution in [1.29, 1.82) is 0 Å². The maximum Gasteiger partial charge on any atom is 0.0850 e. The first-order valence-electron chi connectivity index (χ1n) is 6.95. The van der Waals surface area contributed by atoms with Gasteiger partial charge in [0.1, 0.15) is 0 Å². The van der Waals surface area contributed by atoms with Gasteiger partial charge in [-0.15, -0.1) is 0 Å². The number of ether oxygens (including phenoxy) is 1. The molecule has 0 radical (unpaired) electrons. The summed E-state index contributed by atoms with van der Waals surface area (Å²) >= 11 is 0. The first kappa shape index (κ1) is 15.7. The van der Waals surface area contributed by atoms with Crippen LogP contribution >= 0.6 is 0 Å². The minimum Gasteiger partial charge on any atom is -0.379 e. The molecule has 0 amide bonds. The van der Waals surface area contributed by atoms with Crippen LogP contribution in [0.15, 0.2) is 29.0 Å². The van der Waals surface area contributed by atoms with Crippen LogP contribution in [-0.4, -0.2) is 24.4 Å². The van der Waals surface area contributed by atoms with Crippen molar-refractivity contribution in [3.05, 3.63) is 29.7 Å². The van der Waals surface area contributed by atoms with Crippen LogP contribution in [-0.2, 0) is 4.74 Å². The van der Waals surface area contributed by atoms with Gasteiger partial charge in [0, 0.05) is 42.2 Å². The molecule has 0 aliphatic carbocycles. The van der Waals surface area contributed by atoms with Gasteiger partial charge < -0.3 is 9.72 Å². The number of aliphatic imine (C=N–C) groups is 1. The second-order valence-corrected chi connectivity index (χ2v) is 5.21. The Bertz CT molecular complexity index is 453. The summed E-state index contributed by atoms with van der Waals surface area (Å²) in [5.41, 5.74) is 4.80. The van der Waals surface area contributed by atoms with Crippen molar-refractivity contribution in [2.45, 2.75) is 41.0 Å². The molecule has 1 N–H and O–H groups in total. The predicted octanol–water partition coefficient (Wildman–Crippen LogP) is 4.29. The Labute approximate surface area is 116 Å². The fourth-order valence-corrected chi connectivity index (χ4v) is 2.17. The van der Waals surface area contributed by atoms with E-state index >= 15 is 0 Å². The van der Waals surface area contributed by atoms with Crippen LogP contribution in [0.1, 0.15) is 46.7 Å². The average Bonchev–Trinajstić information content (AvgIpc) is 3.00. The van der Waals surface area contributed by atoms with Gasteiger partial charge in [-0.05, 0) is 24.6 Å². The fraction of sp³-hybridized carbons (Fsp3) is 0.562. The van der Waals surface area contributed by atoms with E-state index in [1.807, 2.05) is 26.1 Å². The molecule has 106 valence electrons. The third kappa shape index (κ3) is 3.57. The molecule has 19 heavy (non-hydrogen) atoms. The zero-order chi connectivity index (χ0) is 14.5. The van der Waals surface area contributed by atoms with E-state index in [1.165, 1.54) is 11.3 Å². The number of aromatic nitrogens is 1. The van der Waals surface area contributed by atoms with Gasteiger partial charge in [0.15, 0.2) is 0 Å². The Balaban J connectivity index is 0.000000861. The molecular formula is C16H26N2O. The van der Waals surface area contributed by atoms with E-state index in [4.69, 9.17) is 9.73 Å². The number of hydrogen-bond donors (Lipinski definition) is 1. The van der Waals surface area contributed by atoms with Crippen LogP contribution < -0.4 is 0 Å². The number of nitrogens with zero attached hydrogens (tertiary/aromatic N) is 1. The average molecular weight is 262 g/mol. The molecule has 1 aliphatic heterocycles. The van der Waals surface area contributed by atoms with Gasteiger partial charge >= 0.3 is 0 Å². The molecule has 0 atom stereocenters. The van der Waals surface area contributed by atoms with Crippen LogP contribution in [0.25, 0.3) is 5.57 Å². The zero-order valence-corrected chi connectivity index (χ0v) is 13.0. The number of nitrogens with one attached hydrogen (secondary N) is 1. The van der Waals surface area contributed by atoms with Crippen LogP contribution in [0.5, 0.6) is 0 Å².